The molecule has 1 aliphatic heterocycles. The first-order chi connectivity index (χ1) is 9.33. The van der Waals surface area contributed by atoms with Crippen LogP contribution in [0.3, 0.4) is 0 Å². The van der Waals surface area contributed by atoms with E-state index in [2.05, 4.69) is 59.9 Å². The Labute approximate surface area is 114 Å². The third kappa shape index (κ3) is 2.86. The fourth-order valence-corrected chi connectivity index (χ4v) is 2.77. The van der Waals surface area contributed by atoms with Crippen molar-refractivity contribution in [2.45, 2.75) is 24.9 Å². The molecule has 3 rings (SSSR count). The van der Waals surface area contributed by atoms with E-state index >= 15 is 0 Å². The largest absolute Gasteiger partial charge is 0.326 e. The summed E-state index contributed by atoms with van der Waals surface area (Å²) in [7, 11) is 0. The Balaban J connectivity index is 1.80. The Hall–Kier alpha value is -1.64. The van der Waals surface area contributed by atoms with Crippen LogP contribution in [0.2, 0.25) is 0 Å². The molecule has 1 fully saturated rings. The van der Waals surface area contributed by atoms with Crippen LogP contribution in [-0.4, -0.2) is 18.6 Å². The minimum Gasteiger partial charge on any atom is -0.326 e. The molecule has 0 aromatic heterocycles. The van der Waals surface area contributed by atoms with Crippen molar-refractivity contribution < 1.29 is 0 Å². The predicted molar refractivity (Wildman–Crippen MR) is 80.0 cm³/mol. The van der Waals surface area contributed by atoms with Crippen molar-refractivity contribution in [2.75, 3.05) is 6.54 Å². The molecule has 2 aromatic rings. The highest BCUT2D eigenvalue weighted by Gasteiger charge is 2.23. The second-order valence-electron chi connectivity index (χ2n) is 5.28. The van der Waals surface area contributed by atoms with Crippen LogP contribution >= 0.6 is 0 Å². The Morgan fingerprint density at radius 3 is 2.53 bits per heavy atom. The van der Waals surface area contributed by atoms with Gasteiger partial charge in [-0.05, 0) is 36.1 Å². The molecule has 0 spiro atoms. The lowest BCUT2D eigenvalue weighted by atomic mass is 9.97. The molecule has 0 amide bonds. The molecule has 2 aromatic carbocycles. The monoisotopic (exact) mass is 252 g/mol. The highest BCUT2D eigenvalue weighted by atomic mass is 15.0. The second kappa shape index (κ2) is 5.55. The van der Waals surface area contributed by atoms with Crippen molar-refractivity contribution in [1.29, 1.82) is 0 Å². The van der Waals surface area contributed by atoms with Gasteiger partial charge in [0.05, 0.1) is 0 Å². The lowest BCUT2D eigenvalue weighted by Gasteiger charge is -2.16. The van der Waals surface area contributed by atoms with E-state index in [1.54, 1.807) is 0 Å². The lowest BCUT2D eigenvalue weighted by Crippen LogP contribution is -2.37. The topological polar surface area (TPSA) is 38.0 Å². The number of hydrogen-bond donors (Lipinski definition) is 2. The molecular formula is C17H20N2. The van der Waals surface area contributed by atoms with E-state index in [0.29, 0.717) is 12.1 Å². The van der Waals surface area contributed by atoms with Crippen LogP contribution in [0, 0.1) is 0 Å². The van der Waals surface area contributed by atoms with Gasteiger partial charge in [0.25, 0.3) is 0 Å². The van der Waals surface area contributed by atoms with Gasteiger partial charge >= 0.3 is 0 Å². The maximum atomic E-state index is 6.11. The first kappa shape index (κ1) is 12.4. The van der Waals surface area contributed by atoms with Gasteiger partial charge in [0.2, 0.25) is 0 Å². The molecule has 0 saturated carbocycles. The first-order valence-electron chi connectivity index (χ1n) is 6.96. The van der Waals surface area contributed by atoms with Crippen molar-refractivity contribution in [3.8, 4) is 11.1 Å². The molecule has 19 heavy (non-hydrogen) atoms. The predicted octanol–water partition coefficient (Wildman–Crippen LogP) is 2.59. The number of nitrogens with one attached hydrogen (secondary N) is 1. The van der Waals surface area contributed by atoms with Gasteiger partial charge in [-0.1, -0.05) is 54.6 Å². The van der Waals surface area contributed by atoms with Crippen molar-refractivity contribution >= 4 is 0 Å². The van der Waals surface area contributed by atoms with Crippen molar-refractivity contribution in [1.82, 2.24) is 5.32 Å². The minimum atomic E-state index is 0.292. The second-order valence-corrected chi connectivity index (χ2v) is 5.28. The third-order valence-electron chi connectivity index (χ3n) is 3.89. The van der Waals surface area contributed by atoms with Gasteiger partial charge in [-0.15, -0.1) is 0 Å². The van der Waals surface area contributed by atoms with Crippen LogP contribution in [0.5, 0.6) is 0 Å². The lowest BCUT2D eigenvalue weighted by molar-refractivity contribution is 0.539. The number of nitrogens with two attached hydrogens (primary N) is 1. The molecule has 3 N–H and O–H groups in total. The molecule has 0 aliphatic carbocycles. The van der Waals surface area contributed by atoms with Gasteiger partial charge in [0.1, 0.15) is 0 Å². The van der Waals surface area contributed by atoms with E-state index in [9.17, 15) is 0 Å². The summed E-state index contributed by atoms with van der Waals surface area (Å²) in [4.78, 5) is 0. The number of benzene rings is 2. The third-order valence-corrected chi connectivity index (χ3v) is 3.89. The van der Waals surface area contributed by atoms with E-state index in [1.165, 1.54) is 16.7 Å². The van der Waals surface area contributed by atoms with Gasteiger partial charge in [-0.3, -0.25) is 0 Å². The van der Waals surface area contributed by atoms with Crippen molar-refractivity contribution in [3.05, 3.63) is 60.2 Å². The van der Waals surface area contributed by atoms with Crippen LogP contribution in [0.15, 0.2) is 54.6 Å². The molecule has 0 bridgehead atoms. The van der Waals surface area contributed by atoms with Gasteiger partial charge in [0, 0.05) is 12.1 Å². The maximum Gasteiger partial charge on any atom is 0.0259 e. The Morgan fingerprint density at radius 1 is 1.00 bits per heavy atom. The summed E-state index contributed by atoms with van der Waals surface area (Å²) in [5.74, 6) is 0. The normalized spacial score (nSPS) is 22.6. The molecule has 1 aliphatic rings. The summed E-state index contributed by atoms with van der Waals surface area (Å²) in [5, 5.41) is 3.49. The summed E-state index contributed by atoms with van der Waals surface area (Å²) >= 11 is 0. The molecule has 2 heteroatoms. The minimum absolute atomic E-state index is 0.292. The summed E-state index contributed by atoms with van der Waals surface area (Å²) < 4.78 is 0. The summed E-state index contributed by atoms with van der Waals surface area (Å²) in [6.07, 6.45) is 2.10. The average Bonchev–Trinajstić information content (AvgIpc) is 2.86. The van der Waals surface area contributed by atoms with Gasteiger partial charge < -0.3 is 11.1 Å². The van der Waals surface area contributed by atoms with Gasteiger partial charge in [0.15, 0.2) is 0 Å². The average molecular weight is 252 g/mol. The molecule has 98 valence electrons. The zero-order chi connectivity index (χ0) is 13.1. The molecule has 1 heterocycles. The van der Waals surface area contributed by atoms with E-state index in [0.717, 1.165) is 19.4 Å². The van der Waals surface area contributed by atoms with Crippen molar-refractivity contribution in [2.24, 2.45) is 5.73 Å². The molecular weight excluding hydrogens is 232 g/mol. The summed E-state index contributed by atoms with van der Waals surface area (Å²) in [6.45, 7) is 1.05. The maximum absolute atomic E-state index is 6.11. The van der Waals surface area contributed by atoms with Crippen LogP contribution in [0.4, 0.5) is 0 Å². The van der Waals surface area contributed by atoms with E-state index < -0.39 is 0 Å². The van der Waals surface area contributed by atoms with Crippen LogP contribution in [0.25, 0.3) is 11.1 Å². The standard InChI is InChI=1S/C17H20N2/c18-16-9-10-19-17(16)12-13-5-4-8-15(11-13)14-6-2-1-3-7-14/h1-8,11,16-17,19H,9-10,12,18H2. The molecule has 2 nitrogen and oxygen atoms in total. The summed E-state index contributed by atoms with van der Waals surface area (Å²) in [6, 6.07) is 20.0. The zero-order valence-corrected chi connectivity index (χ0v) is 11.0. The Kier molecular flexibility index (Phi) is 3.62. The molecule has 0 radical (unpaired) electrons. The van der Waals surface area contributed by atoms with E-state index in [-0.39, 0.29) is 0 Å². The van der Waals surface area contributed by atoms with Gasteiger partial charge in [-0.25, -0.2) is 0 Å². The molecule has 2 unspecified atom stereocenters. The zero-order valence-electron chi connectivity index (χ0n) is 11.0. The van der Waals surface area contributed by atoms with E-state index in [1.807, 2.05) is 0 Å². The SMILES string of the molecule is NC1CCNC1Cc1cccc(-c2ccccc2)c1. The number of rotatable bonds is 3. The van der Waals surface area contributed by atoms with Gasteiger partial charge in [-0.2, -0.15) is 0 Å². The molecule has 1 saturated heterocycles. The molecule has 2 atom stereocenters. The summed E-state index contributed by atoms with van der Waals surface area (Å²) in [5.41, 5.74) is 10.0. The highest BCUT2D eigenvalue weighted by Crippen LogP contribution is 2.21. The van der Waals surface area contributed by atoms with Crippen LogP contribution in [-0.2, 0) is 6.42 Å². The number of hydrogen-bond acceptors (Lipinski definition) is 2. The van der Waals surface area contributed by atoms with E-state index in [4.69, 9.17) is 5.73 Å². The van der Waals surface area contributed by atoms with Crippen molar-refractivity contribution in [3.63, 3.8) is 0 Å². The highest BCUT2D eigenvalue weighted by molar-refractivity contribution is 5.63. The van der Waals surface area contributed by atoms with Crippen LogP contribution in [0.1, 0.15) is 12.0 Å². The Morgan fingerprint density at radius 2 is 1.79 bits per heavy atom. The smallest absolute Gasteiger partial charge is 0.0259 e. The fourth-order valence-electron chi connectivity index (χ4n) is 2.77. The van der Waals surface area contributed by atoms with Crippen LogP contribution < -0.4 is 11.1 Å². The quantitative estimate of drug-likeness (QED) is 0.881. The first-order valence-corrected chi connectivity index (χ1v) is 6.96. The Bertz CT molecular complexity index is 536. The fraction of sp³-hybridized carbons (Fsp3) is 0.294.